The van der Waals surface area contributed by atoms with Crippen LogP contribution in [0.2, 0.25) is 0 Å². The van der Waals surface area contributed by atoms with Crippen molar-refractivity contribution in [2.24, 2.45) is 0 Å². The highest BCUT2D eigenvalue weighted by Crippen LogP contribution is 2.19. The van der Waals surface area contributed by atoms with Crippen LogP contribution in [-0.4, -0.2) is 18.9 Å². The summed E-state index contributed by atoms with van der Waals surface area (Å²) in [6.07, 6.45) is 1.41. The number of hydrogen-bond donors (Lipinski definition) is 2. The van der Waals surface area contributed by atoms with E-state index in [1.165, 1.54) is 25.5 Å². The van der Waals surface area contributed by atoms with Crippen LogP contribution in [0.1, 0.15) is 20.9 Å². The number of anilines is 2. The van der Waals surface area contributed by atoms with Crippen molar-refractivity contribution < 1.29 is 23.1 Å². The van der Waals surface area contributed by atoms with Gasteiger partial charge in [0.05, 0.1) is 13.4 Å². The lowest BCUT2D eigenvalue weighted by Gasteiger charge is -2.08. The number of benzene rings is 2. The minimum atomic E-state index is -0.615. The van der Waals surface area contributed by atoms with Gasteiger partial charge in [0.1, 0.15) is 0 Å². The van der Waals surface area contributed by atoms with Crippen LogP contribution < -0.4 is 15.4 Å². The molecule has 2 N–H and O–H groups in total. The first kappa shape index (κ1) is 17.2. The molecule has 0 fully saturated rings. The minimum absolute atomic E-state index is 0.0678. The average Bonchev–Trinajstić information content (AvgIpc) is 3.18. The normalized spacial score (nSPS) is 10.2. The van der Waals surface area contributed by atoms with Crippen LogP contribution in [0.4, 0.5) is 15.8 Å². The van der Waals surface area contributed by atoms with Gasteiger partial charge in [-0.25, -0.2) is 4.39 Å². The Morgan fingerprint density at radius 1 is 0.962 bits per heavy atom. The topological polar surface area (TPSA) is 80.6 Å². The minimum Gasteiger partial charge on any atom is -0.494 e. The third-order valence-electron chi connectivity index (χ3n) is 3.56. The molecule has 0 saturated carbocycles. The second-order valence-electron chi connectivity index (χ2n) is 5.31. The van der Waals surface area contributed by atoms with Crippen LogP contribution >= 0.6 is 0 Å². The van der Waals surface area contributed by atoms with E-state index in [0.29, 0.717) is 11.4 Å². The Labute approximate surface area is 148 Å². The highest BCUT2D eigenvalue weighted by molar-refractivity contribution is 6.05. The zero-order valence-corrected chi connectivity index (χ0v) is 13.8. The Morgan fingerprint density at radius 2 is 1.62 bits per heavy atom. The van der Waals surface area contributed by atoms with Gasteiger partial charge in [-0.3, -0.25) is 9.59 Å². The molecule has 0 radical (unpaired) electrons. The molecule has 3 aromatic rings. The summed E-state index contributed by atoms with van der Waals surface area (Å²) in [5.74, 6) is -1.18. The fourth-order valence-corrected chi connectivity index (χ4v) is 2.25. The zero-order chi connectivity index (χ0) is 18.5. The molecule has 1 aromatic heterocycles. The van der Waals surface area contributed by atoms with Crippen molar-refractivity contribution in [2.45, 2.75) is 0 Å². The number of rotatable bonds is 5. The summed E-state index contributed by atoms with van der Waals surface area (Å²) in [6, 6.07) is 13.6. The van der Waals surface area contributed by atoms with Gasteiger partial charge in [0.25, 0.3) is 11.8 Å². The Balaban J connectivity index is 1.64. The smallest absolute Gasteiger partial charge is 0.291 e. The fraction of sp³-hybridized carbons (Fsp3) is 0.0526. The van der Waals surface area contributed by atoms with Crippen LogP contribution in [0, 0.1) is 5.82 Å². The summed E-state index contributed by atoms with van der Waals surface area (Å²) in [4.78, 5) is 24.1. The molecule has 0 saturated heterocycles. The molecule has 0 aliphatic carbocycles. The first-order valence-corrected chi connectivity index (χ1v) is 7.66. The molecule has 0 unspecified atom stereocenters. The summed E-state index contributed by atoms with van der Waals surface area (Å²) in [6.45, 7) is 0. The fourth-order valence-electron chi connectivity index (χ4n) is 2.25. The van der Waals surface area contributed by atoms with Crippen LogP contribution in [0.3, 0.4) is 0 Å². The van der Waals surface area contributed by atoms with E-state index in [4.69, 9.17) is 9.15 Å². The van der Waals surface area contributed by atoms with Crippen LogP contribution in [0.15, 0.2) is 65.3 Å². The van der Waals surface area contributed by atoms with Gasteiger partial charge < -0.3 is 19.8 Å². The number of carbonyl (C=O) groups is 2. The van der Waals surface area contributed by atoms with E-state index in [9.17, 15) is 14.0 Å². The number of furan rings is 1. The van der Waals surface area contributed by atoms with Crippen molar-refractivity contribution in [3.05, 3.63) is 78.0 Å². The van der Waals surface area contributed by atoms with E-state index < -0.39 is 11.7 Å². The molecule has 132 valence electrons. The second kappa shape index (κ2) is 7.52. The van der Waals surface area contributed by atoms with E-state index in [0.717, 1.165) is 6.07 Å². The number of carbonyl (C=O) groups excluding carboxylic acids is 2. The number of methoxy groups -OCH3 is 1. The van der Waals surface area contributed by atoms with Crippen molar-refractivity contribution in [1.29, 1.82) is 0 Å². The van der Waals surface area contributed by atoms with E-state index in [1.807, 2.05) is 0 Å². The summed E-state index contributed by atoms with van der Waals surface area (Å²) in [5, 5.41) is 5.32. The lowest BCUT2D eigenvalue weighted by molar-refractivity contribution is 0.0994. The van der Waals surface area contributed by atoms with E-state index in [2.05, 4.69) is 10.6 Å². The first-order valence-electron chi connectivity index (χ1n) is 7.66. The lowest BCUT2D eigenvalue weighted by Crippen LogP contribution is -2.13. The Hall–Kier alpha value is -3.61. The van der Waals surface area contributed by atoms with Gasteiger partial charge in [-0.05, 0) is 54.6 Å². The van der Waals surface area contributed by atoms with E-state index in [-0.39, 0.29) is 23.0 Å². The number of halogens is 1. The highest BCUT2D eigenvalue weighted by Gasteiger charge is 2.11. The molecular weight excluding hydrogens is 339 g/mol. The Kier molecular flexibility index (Phi) is 4.98. The van der Waals surface area contributed by atoms with Crippen molar-refractivity contribution in [3.8, 4) is 5.75 Å². The molecule has 6 nitrogen and oxygen atoms in total. The molecule has 2 aromatic carbocycles. The molecule has 2 amide bonds. The number of ether oxygens (including phenoxy) is 1. The maximum absolute atomic E-state index is 13.7. The lowest BCUT2D eigenvalue weighted by atomic mass is 10.2. The largest absolute Gasteiger partial charge is 0.494 e. The second-order valence-corrected chi connectivity index (χ2v) is 5.31. The van der Waals surface area contributed by atoms with Gasteiger partial charge in [-0.15, -0.1) is 0 Å². The highest BCUT2D eigenvalue weighted by atomic mass is 19.1. The van der Waals surface area contributed by atoms with Crippen LogP contribution in [0.25, 0.3) is 0 Å². The summed E-state index contributed by atoms with van der Waals surface area (Å²) in [5.41, 5.74) is 1.21. The Morgan fingerprint density at radius 3 is 2.15 bits per heavy atom. The van der Waals surface area contributed by atoms with Gasteiger partial charge >= 0.3 is 0 Å². The van der Waals surface area contributed by atoms with Gasteiger partial charge in [0.15, 0.2) is 17.3 Å². The summed E-state index contributed by atoms with van der Waals surface area (Å²) < 4.78 is 23.5. The summed E-state index contributed by atoms with van der Waals surface area (Å²) >= 11 is 0. The molecule has 0 atom stereocenters. The standard InChI is InChI=1S/C19H15FN2O4/c1-25-16-9-4-12(11-15(16)20)18(23)21-13-5-7-14(8-6-13)22-19(24)17-3-2-10-26-17/h2-11H,1H3,(H,21,23)(H,22,24). The van der Waals surface area contributed by atoms with Crippen LogP contribution in [0.5, 0.6) is 5.75 Å². The average molecular weight is 354 g/mol. The van der Waals surface area contributed by atoms with E-state index in [1.54, 1.807) is 36.4 Å². The molecule has 0 spiro atoms. The van der Waals surface area contributed by atoms with Crippen LogP contribution in [-0.2, 0) is 0 Å². The molecule has 0 aliphatic rings. The van der Waals surface area contributed by atoms with E-state index >= 15 is 0 Å². The van der Waals surface area contributed by atoms with Gasteiger partial charge in [0, 0.05) is 16.9 Å². The molecule has 3 rings (SSSR count). The zero-order valence-electron chi connectivity index (χ0n) is 13.8. The van der Waals surface area contributed by atoms with Crippen molar-refractivity contribution in [3.63, 3.8) is 0 Å². The molecule has 0 aliphatic heterocycles. The first-order chi connectivity index (χ1) is 12.6. The monoisotopic (exact) mass is 354 g/mol. The quantitative estimate of drug-likeness (QED) is 0.727. The van der Waals surface area contributed by atoms with Gasteiger partial charge in [-0.1, -0.05) is 0 Å². The van der Waals surface area contributed by atoms with Gasteiger partial charge in [0.2, 0.25) is 0 Å². The summed E-state index contributed by atoms with van der Waals surface area (Å²) in [7, 11) is 1.35. The third-order valence-corrected chi connectivity index (χ3v) is 3.56. The van der Waals surface area contributed by atoms with Crippen molar-refractivity contribution >= 4 is 23.2 Å². The number of hydrogen-bond acceptors (Lipinski definition) is 4. The molecule has 7 heteroatoms. The predicted octanol–water partition coefficient (Wildman–Crippen LogP) is 3.93. The molecule has 1 heterocycles. The Bertz CT molecular complexity index is 921. The molecule has 26 heavy (non-hydrogen) atoms. The third kappa shape index (κ3) is 3.89. The van der Waals surface area contributed by atoms with Crippen molar-refractivity contribution in [1.82, 2.24) is 0 Å². The predicted molar refractivity (Wildman–Crippen MR) is 94.0 cm³/mol. The number of amides is 2. The maximum atomic E-state index is 13.7. The molecule has 0 bridgehead atoms. The van der Waals surface area contributed by atoms with Gasteiger partial charge in [-0.2, -0.15) is 0 Å². The maximum Gasteiger partial charge on any atom is 0.291 e. The van der Waals surface area contributed by atoms with Crippen molar-refractivity contribution in [2.75, 3.05) is 17.7 Å². The SMILES string of the molecule is COc1ccc(C(=O)Nc2ccc(NC(=O)c3ccco3)cc2)cc1F. The molecular formula is C19H15FN2O4. The number of nitrogens with one attached hydrogen (secondary N) is 2.